The summed E-state index contributed by atoms with van der Waals surface area (Å²) in [6, 6.07) is 6.15. The van der Waals surface area contributed by atoms with Gasteiger partial charge in [-0.15, -0.1) is 0 Å². The zero-order valence-corrected chi connectivity index (χ0v) is 4.89. The van der Waals surface area contributed by atoms with Crippen LogP contribution in [0.3, 0.4) is 0 Å². The second-order valence-corrected chi connectivity index (χ2v) is 1.69. The van der Waals surface area contributed by atoms with Crippen molar-refractivity contribution in [2.45, 2.75) is 0 Å². The molecule has 3 heteroatoms. The lowest BCUT2D eigenvalue weighted by molar-refractivity contribution is -0.325. The summed E-state index contributed by atoms with van der Waals surface area (Å²) in [6.07, 6.45) is 0. The first kappa shape index (κ1) is 6.04. The Morgan fingerprint density at radius 2 is 2.22 bits per heavy atom. The molecular weight excluding hydrogens is 119 g/mol. The monoisotopic (exact) mass is 127 g/mol. The fourth-order valence-electron chi connectivity index (χ4n) is 0.598. The second kappa shape index (κ2) is 2.46. The average Bonchev–Trinajstić information content (AvgIpc) is 1.88. The van der Waals surface area contributed by atoms with Gasteiger partial charge in [0.05, 0.1) is 5.69 Å². The van der Waals surface area contributed by atoms with Crippen LogP contribution in [0.4, 0.5) is 10.1 Å². The third-order valence-corrected chi connectivity index (χ3v) is 1.03. The Morgan fingerprint density at radius 1 is 1.44 bits per heavy atom. The van der Waals surface area contributed by atoms with Crippen molar-refractivity contribution >= 4 is 5.69 Å². The van der Waals surface area contributed by atoms with Gasteiger partial charge in [-0.3, -0.25) is 5.84 Å². The lowest BCUT2D eigenvalue weighted by Gasteiger charge is -1.93. The average molecular weight is 127 g/mol. The molecule has 0 radical (unpaired) electrons. The molecule has 0 unspecified atom stereocenters. The van der Waals surface area contributed by atoms with Crippen molar-refractivity contribution in [1.82, 2.24) is 0 Å². The van der Waals surface area contributed by atoms with E-state index in [1.807, 2.05) is 0 Å². The van der Waals surface area contributed by atoms with E-state index in [1.54, 1.807) is 12.1 Å². The number of nitrogens with one attached hydrogen (secondary N) is 1. The highest BCUT2D eigenvalue weighted by Crippen LogP contribution is 2.05. The topological polar surface area (TPSA) is 39.7 Å². The van der Waals surface area contributed by atoms with Gasteiger partial charge in [0.1, 0.15) is 5.82 Å². The molecule has 1 aromatic carbocycles. The molecule has 0 amide bonds. The molecule has 0 saturated heterocycles. The molecule has 0 atom stereocenters. The molecular formula is C6H8FN2+. The molecule has 48 valence electrons. The zero-order chi connectivity index (χ0) is 6.69. The van der Waals surface area contributed by atoms with Crippen molar-refractivity contribution in [3.8, 4) is 0 Å². The fraction of sp³-hybridized carbons (Fsp3) is 0. The van der Waals surface area contributed by atoms with Gasteiger partial charge in [-0.05, 0) is 12.1 Å². The maximum absolute atomic E-state index is 12.3. The number of hydrogen-bond acceptors (Lipinski definition) is 1. The van der Waals surface area contributed by atoms with Crippen molar-refractivity contribution in [2.24, 2.45) is 0 Å². The SMILES string of the molecule is [NH3+]Nc1cccc(F)c1. The maximum Gasteiger partial charge on any atom is 0.125 e. The van der Waals surface area contributed by atoms with Crippen LogP contribution in [0.25, 0.3) is 0 Å². The summed E-state index contributed by atoms with van der Waals surface area (Å²) in [5, 5.41) is 0. The molecule has 0 heterocycles. The van der Waals surface area contributed by atoms with Crippen molar-refractivity contribution in [2.75, 3.05) is 5.43 Å². The number of hydrogen-bond donors (Lipinski definition) is 2. The van der Waals surface area contributed by atoms with E-state index in [4.69, 9.17) is 0 Å². The van der Waals surface area contributed by atoms with Gasteiger partial charge in [-0.25, -0.2) is 9.82 Å². The molecule has 0 aliphatic carbocycles. The lowest BCUT2D eigenvalue weighted by Crippen LogP contribution is -2.56. The van der Waals surface area contributed by atoms with E-state index in [2.05, 4.69) is 11.3 Å². The van der Waals surface area contributed by atoms with Crippen LogP contribution in [0.1, 0.15) is 0 Å². The van der Waals surface area contributed by atoms with Gasteiger partial charge in [-0.1, -0.05) is 6.07 Å². The smallest absolute Gasteiger partial charge is 0.125 e. The van der Waals surface area contributed by atoms with E-state index in [1.165, 1.54) is 12.1 Å². The summed E-state index contributed by atoms with van der Waals surface area (Å²) in [6.45, 7) is 0. The highest BCUT2D eigenvalue weighted by atomic mass is 19.1. The molecule has 1 rings (SSSR count). The molecule has 2 nitrogen and oxygen atoms in total. The van der Waals surface area contributed by atoms with Gasteiger partial charge >= 0.3 is 0 Å². The molecule has 4 N–H and O–H groups in total. The van der Waals surface area contributed by atoms with Gasteiger partial charge in [-0.2, -0.15) is 0 Å². The summed E-state index contributed by atoms with van der Waals surface area (Å²) in [4.78, 5) is 0. The van der Waals surface area contributed by atoms with E-state index < -0.39 is 0 Å². The number of benzene rings is 1. The second-order valence-electron chi connectivity index (χ2n) is 1.69. The Balaban J connectivity index is 2.94. The highest BCUT2D eigenvalue weighted by molar-refractivity contribution is 5.39. The largest absolute Gasteiger partial charge is 0.258 e. The Kier molecular flexibility index (Phi) is 1.65. The van der Waals surface area contributed by atoms with Gasteiger partial charge in [0.25, 0.3) is 0 Å². The molecule has 1 aromatic rings. The normalized spacial score (nSPS) is 9.11. The number of anilines is 1. The van der Waals surface area contributed by atoms with Gasteiger partial charge in [0, 0.05) is 6.07 Å². The predicted molar refractivity (Wildman–Crippen MR) is 32.9 cm³/mol. The molecule has 9 heavy (non-hydrogen) atoms. The standard InChI is InChI=1S/C6H7FN2/c7-5-2-1-3-6(4-5)9-8/h1-4,9H,8H2/p+1. The number of halogens is 1. The Bertz CT molecular complexity index is 200. The molecule has 0 bridgehead atoms. The lowest BCUT2D eigenvalue weighted by atomic mass is 10.3. The summed E-state index contributed by atoms with van der Waals surface area (Å²) >= 11 is 0. The minimum Gasteiger partial charge on any atom is -0.258 e. The Labute approximate surface area is 52.5 Å². The van der Waals surface area contributed by atoms with E-state index >= 15 is 0 Å². The minimum atomic E-state index is -0.247. The van der Waals surface area contributed by atoms with E-state index in [0.717, 1.165) is 0 Å². The molecule has 0 saturated carbocycles. The Hall–Kier alpha value is -1.09. The number of rotatable bonds is 1. The van der Waals surface area contributed by atoms with Crippen LogP contribution in [0, 0.1) is 5.82 Å². The van der Waals surface area contributed by atoms with Crippen LogP contribution in [0.2, 0.25) is 0 Å². The summed E-state index contributed by atoms with van der Waals surface area (Å²) in [7, 11) is 0. The van der Waals surface area contributed by atoms with E-state index in [0.29, 0.717) is 5.69 Å². The third kappa shape index (κ3) is 1.40. The Morgan fingerprint density at radius 3 is 2.67 bits per heavy atom. The third-order valence-electron chi connectivity index (χ3n) is 1.03. The van der Waals surface area contributed by atoms with Crippen molar-refractivity contribution in [3.63, 3.8) is 0 Å². The molecule has 0 aliphatic heterocycles. The summed E-state index contributed by atoms with van der Waals surface area (Å²) in [5.74, 6) is 3.13. The first-order chi connectivity index (χ1) is 4.33. The fourth-order valence-corrected chi connectivity index (χ4v) is 0.598. The van der Waals surface area contributed by atoms with Crippen LogP contribution in [-0.2, 0) is 0 Å². The summed E-state index contributed by atoms with van der Waals surface area (Å²) < 4.78 is 12.3. The summed E-state index contributed by atoms with van der Waals surface area (Å²) in [5.41, 5.74) is 3.27. The quantitative estimate of drug-likeness (QED) is 0.526. The van der Waals surface area contributed by atoms with Crippen LogP contribution in [0.5, 0.6) is 0 Å². The van der Waals surface area contributed by atoms with E-state index in [9.17, 15) is 4.39 Å². The van der Waals surface area contributed by atoms with Crippen molar-refractivity contribution in [1.29, 1.82) is 0 Å². The van der Waals surface area contributed by atoms with Crippen LogP contribution in [0.15, 0.2) is 24.3 Å². The molecule has 0 aliphatic rings. The van der Waals surface area contributed by atoms with Crippen LogP contribution in [-0.4, -0.2) is 0 Å². The number of quaternary nitrogens is 1. The van der Waals surface area contributed by atoms with Crippen LogP contribution >= 0.6 is 0 Å². The maximum atomic E-state index is 12.3. The van der Waals surface area contributed by atoms with Crippen molar-refractivity contribution in [3.05, 3.63) is 30.1 Å². The van der Waals surface area contributed by atoms with Gasteiger partial charge in [0.2, 0.25) is 0 Å². The predicted octanol–water partition coefficient (Wildman–Crippen LogP) is 0.394. The molecule has 0 fully saturated rings. The van der Waals surface area contributed by atoms with Crippen molar-refractivity contribution < 1.29 is 10.2 Å². The zero-order valence-electron chi connectivity index (χ0n) is 4.89. The molecule has 0 aromatic heterocycles. The van der Waals surface area contributed by atoms with Crippen LogP contribution < -0.4 is 11.3 Å². The first-order valence-corrected chi connectivity index (χ1v) is 2.61. The first-order valence-electron chi connectivity index (χ1n) is 2.61. The van der Waals surface area contributed by atoms with Gasteiger partial charge < -0.3 is 0 Å². The minimum absolute atomic E-state index is 0.247. The van der Waals surface area contributed by atoms with E-state index in [-0.39, 0.29) is 5.82 Å². The highest BCUT2D eigenvalue weighted by Gasteiger charge is 1.90. The molecule has 0 spiro atoms. The van der Waals surface area contributed by atoms with Gasteiger partial charge in [0.15, 0.2) is 0 Å².